The molecule has 26 heavy (non-hydrogen) atoms. The van der Waals surface area contributed by atoms with Crippen molar-refractivity contribution in [1.82, 2.24) is 4.90 Å². The average Bonchev–Trinajstić information content (AvgIpc) is 2.63. The van der Waals surface area contributed by atoms with Crippen LogP contribution in [0.1, 0.15) is 15.9 Å². The fourth-order valence-corrected chi connectivity index (χ4v) is 2.49. The molecule has 0 bridgehead atoms. The third-order valence-electron chi connectivity index (χ3n) is 3.69. The Morgan fingerprint density at radius 2 is 1.88 bits per heavy atom. The van der Waals surface area contributed by atoms with Crippen LogP contribution in [0.25, 0.3) is 0 Å². The van der Waals surface area contributed by atoms with Crippen LogP contribution in [-0.2, 0) is 20.8 Å². The number of rotatable bonds is 8. The minimum absolute atomic E-state index is 0.175. The maximum atomic E-state index is 12.5. The molecular formula is C19H21ClN2O4. The lowest BCUT2D eigenvalue weighted by Gasteiger charge is -2.22. The largest absolute Gasteiger partial charge is 0.452 e. The first-order chi connectivity index (χ1) is 12.5. The molecule has 2 aromatic rings. The van der Waals surface area contributed by atoms with Crippen LogP contribution < -0.4 is 5.73 Å². The molecule has 0 atom stereocenters. The van der Waals surface area contributed by atoms with Crippen LogP contribution in [-0.4, -0.2) is 43.6 Å². The molecule has 0 spiro atoms. The van der Waals surface area contributed by atoms with E-state index < -0.39 is 5.97 Å². The van der Waals surface area contributed by atoms with E-state index in [1.165, 1.54) is 18.2 Å². The summed E-state index contributed by atoms with van der Waals surface area (Å²) in [5.74, 6) is -0.981. The third-order valence-corrected chi connectivity index (χ3v) is 3.93. The number of ether oxygens (including phenoxy) is 2. The highest BCUT2D eigenvalue weighted by Gasteiger charge is 2.18. The molecule has 1 amide bonds. The standard InChI is InChI=1S/C19H21ClN2O4/c1-25-10-9-22(12-14-5-3-2-4-6-14)18(23)13-26-19(24)16-8-7-15(20)11-17(16)21/h2-8,11H,9-10,12-13,21H2,1H3. The number of amides is 1. The Labute approximate surface area is 157 Å². The molecule has 0 saturated carbocycles. The second kappa shape index (κ2) is 9.79. The number of benzene rings is 2. The van der Waals surface area contributed by atoms with Gasteiger partial charge in [0.1, 0.15) is 0 Å². The lowest BCUT2D eigenvalue weighted by Crippen LogP contribution is -2.36. The maximum absolute atomic E-state index is 12.5. The first kappa shape index (κ1) is 19.8. The third kappa shape index (κ3) is 5.75. The van der Waals surface area contributed by atoms with Gasteiger partial charge in [0, 0.05) is 30.9 Å². The van der Waals surface area contributed by atoms with Crippen molar-refractivity contribution >= 4 is 29.2 Å². The fraction of sp³-hybridized carbons (Fsp3) is 0.263. The Hall–Kier alpha value is -2.57. The van der Waals surface area contributed by atoms with Crippen molar-refractivity contribution in [3.05, 3.63) is 64.7 Å². The molecule has 0 aliphatic rings. The molecule has 0 unspecified atom stereocenters. The topological polar surface area (TPSA) is 81.9 Å². The summed E-state index contributed by atoms with van der Waals surface area (Å²) in [4.78, 5) is 26.2. The van der Waals surface area contributed by atoms with Gasteiger partial charge in [0.15, 0.2) is 6.61 Å². The van der Waals surface area contributed by atoms with Crippen LogP contribution in [0.3, 0.4) is 0 Å². The van der Waals surface area contributed by atoms with E-state index in [-0.39, 0.29) is 23.8 Å². The number of carbonyl (C=O) groups is 2. The Morgan fingerprint density at radius 3 is 2.54 bits per heavy atom. The molecule has 7 heteroatoms. The first-order valence-electron chi connectivity index (χ1n) is 8.04. The predicted molar refractivity (Wildman–Crippen MR) is 99.9 cm³/mol. The predicted octanol–water partition coefficient (Wildman–Crippen LogP) is 2.75. The van der Waals surface area contributed by atoms with Crippen molar-refractivity contribution in [3.63, 3.8) is 0 Å². The van der Waals surface area contributed by atoms with Crippen LogP contribution >= 0.6 is 11.6 Å². The van der Waals surface area contributed by atoms with Gasteiger partial charge >= 0.3 is 5.97 Å². The lowest BCUT2D eigenvalue weighted by atomic mass is 10.2. The normalized spacial score (nSPS) is 10.4. The van der Waals surface area contributed by atoms with Gasteiger partial charge in [-0.3, -0.25) is 4.79 Å². The van der Waals surface area contributed by atoms with E-state index in [9.17, 15) is 9.59 Å². The molecule has 2 aromatic carbocycles. The molecule has 2 N–H and O–H groups in total. The van der Waals surface area contributed by atoms with Gasteiger partial charge in [0.25, 0.3) is 5.91 Å². The minimum atomic E-state index is -0.668. The quantitative estimate of drug-likeness (QED) is 0.566. The molecule has 6 nitrogen and oxygen atoms in total. The molecule has 0 saturated heterocycles. The highest BCUT2D eigenvalue weighted by atomic mass is 35.5. The molecule has 138 valence electrons. The zero-order valence-electron chi connectivity index (χ0n) is 14.5. The van der Waals surface area contributed by atoms with E-state index in [0.717, 1.165) is 5.56 Å². The molecule has 2 rings (SSSR count). The van der Waals surface area contributed by atoms with Crippen LogP contribution in [0.5, 0.6) is 0 Å². The van der Waals surface area contributed by atoms with Crippen molar-refractivity contribution in [1.29, 1.82) is 0 Å². The first-order valence-corrected chi connectivity index (χ1v) is 8.42. The molecule has 0 radical (unpaired) electrons. The van der Waals surface area contributed by atoms with E-state index in [2.05, 4.69) is 0 Å². The summed E-state index contributed by atoms with van der Waals surface area (Å²) in [7, 11) is 1.56. The monoisotopic (exact) mass is 376 g/mol. The van der Waals surface area contributed by atoms with Gasteiger partial charge in [0.2, 0.25) is 0 Å². The van der Waals surface area contributed by atoms with E-state index in [1.807, 2.05) is 30.3 Å². The number of halogens is 1. The van der Waals surface area contributed by atoms with Crippen molar-refractivity contribution in [2.45, 2.75) is 6.54 Å². The molecule has 0 fully saturated rings. The van der Waals surface area contributed by atoms with E-state index in [4.69, 9.17) is 26.8 Å². The number of anilines is 1. The van der Waals surface area contributed by atoms with Gasteiger partial charge < -0.3 is 20.1 Å². The summed E-state index contributed by atoms with van der Waals surface area (Å²) in [6.45, 7) is 0.808. The summed E-state index contributed by atoms with van der Waals surface area (Å²) in [5, 5.41) is 0.420. The number of nitrogens with two attached hydrogens (primary N) is 1. The van der Waals surface area contributed by atoms with Crippen molar-refractivity contribution < 1.29 is 19.1 Å². The van der Waals surface area contributed by atoms with Gasteiger partial charge in [0.05, 0.1) is 12.2 Å². The van der Waals surface area contributed by atoms with Gasteiger partial charge in [-0.15, -0.1) is 0 Å². The molecule has 0 aliphatic carbocycles. The highest BCUT2D eigenvalue weighted by Crippen LogP contribution is 2.18. The van der Waals surface area contributed by atoms with E-state index in [0.29, 0.717) is 24.7 Å². The van der Waals surface area contributed by atoms with Crippen molar-refractivity contribution in [2.75, 3.05) is 32.6 Å². The molecule has 0 aromatic heterocycles. The van der Waals surface area contributed by atoms with Crippen LogP contribution in [0.15, 0.2) is 48.5 Å². The van der Waals surface area contributed by atoms with Crippen molar-refractivity contribution in [2.24, 2.45) is 0 Å². The van der Waals surface area contributed by atoms with Crippen LogP contribution in [0, 0.1) is 0 Å². The summed E-state index contributed by atoms with van der Waals surface area (Å²) < 4.78 is 10.2. The number of nitrogens with zero attached hydrogens (tertiary/aromatic N) is 1. The molecule has 0 heterocycles. The summed E-state index contributed by atoms with van der Waals surface area (Å²) >= 11 is 5.81. The van der Waals surface area contributed by atoms with Gasteiger partial charge in [-0.1, -0.05) is 41.9 Å². The Bertz CT molecular complexity index is 752. The number of hydrogen-bond acceptors (Lipinski definition) is 5. The van der Waals surface area contributed by atoms with Gasteiger partial charge in [-0.05, 0) is 23.8 Å². The second-order valence-corrected chi connectivity index (χ2v) is 6.04. The number of esters is 1. The minimum Gasteiger partial charge on any atom is -0.452 e. The summed E-state index contributed by atoms with van der Waals surface area (Å²) in [5.41, 5.74) is 7.12. The highest BCUT2D eigenvalue weighted by molar-refractivity contribution is 6.31. The average molecular weight is 377 g/mol. The Balaban J connectivity index is 1.98. The summed E-state index contributed by atoms with van der Waals surface area (Å²) in [6, 6.07) is 14.0. The van der Waals surface area contributed by atoms with E-state index >= 15 is 0 Å². The SMILES string of the molecule is COCCN(Cc1ccccc1)C(=O)COC(=O)c1ccc(Cl)cc1N. The Morgan fingerprint density at radius 1 is 1.15 bits per heavy atom. The van der Waals surface area contributed by atoms with Crippen LogP contribution in [0.2, 0.25) is 5.02 Å². The maximum Gasteiger partial charge on any atom is 0.340 e. The van der Waals surface area contributed by atoms with Gasteiger partial charge in [-0.25, -0.2) is 4.79 Å². The number of nitrogen functional groups attached to an aromatic ring is 1. The van der Waals surface area contributed by atoms with E-state index in [1.54, 1.807) is 12.0 Å². The molecule has 0 aliphatic heterocycles. The van der Waals surface area contributed by atoms with Crippen molar-refractivity contribution in [3.8, 4) is 0 Å². The number of carbonyl (C=O) groups excluding carboxylic acids is 2. The smallest absolute Gasteiger partial charge is 0.340 e. The second-order valence-electron chi connectivity index (χ2n) is 5.60. The van der Waals surface area contributed by atoms with Gasteiger partial charge in [-0.2, -0.15) is 0 Å². The lowest BCUT2D eigenvalue weighted by molar-refractivity contribution is -0.135. The fourth-order valence-electron chi connectivity index (χ4n) is 2.31. The number of hydrogen-bond donors (Lipinski definition) is 1. The summed E-state index contributed by atoms with van der Waals surface area (Å²) in [6.07, 6.45) is 0. The van der Waals surface area contributed by atoms with Crippen LogP contribution in [0.4, 0.5) is 5.69 Å². The zero-order valence-corrected chi connectivity index (χ0v) is 15.2. The number of methoxy groups -OCH3 is 1. The molecular weight excluding hydrogens is 356 g/mol. The Kier molecular flexibility index (Phi) is 7.44. The zero-order chi connectivity index (χ0) is 18.9.